The molecular formula is C13H19N5S. The van der Waals surface area contributed by atoms with Crippen molar-refractivity contribution < 1.29 is 0 Å². The van der Waals surface area contributed by atoms with Gasteiger partial charge in [-0.1, -0.05) is 0 Å². The molecule has 2 heterocycles. The molecule has 102 valence electrons. The standard InChI is InChI=1S/C13H19N5S/c1-5-14-12-9(2)13(16-8-15-12)18(4)6-11-7-19-10(3)17-11/h7-8H,5-6H2,1-4H3,(H,14,15,16). The van der Waals surface area contributed by atoms with Crippen LogP contribution in [0.5, 0.6) is 0 Å². The minimum atomic E-state index is 0.758. The van der Waals surface area contributed by atoms with Crippen molar-refractivity contribution in [2.45, 2.75) is 27.3 Å². The molecular weight excluding hydrogens is 258 g/mol. The lowest BCUT2D eigenvalue weighted by atomic mass is 10.3. The van der Waals surface area contributed by atoms with E-state index in [0.29, 0.717) is 0 Å². The number of aryl methyl sites for hydroxylation is 1. The lowest BCUT2D eigenvalue weighted by Gasteiger charge is -2.20. The number of hydrogen-bond donors (Lipinski definition) is 1. The van der Waals surface area contributed by atoms with Gasteiger partial charge in [-0.15, -0.1) is 11.3 Å². The highest BCUT2D eigenvalue weighted by atomic mass is 32.1. The van der Waals surface area contributed by atoms with Gasteiger partial charge < -0.3 is 10.2 Å². The van der Waals surface area contributed by atoms with Crippen LogP contribution in [0.1, 0.15) is 23.2 Å². The highest BCUT2D eigenvalue weighted by Gasteiger charge is 2.12. The van der Waals surface area contributed by atoms with Crippen LogP contribution in [0.25, 0.3) is 0 Å². The maximum absolute atomic E-state index is 4.48. The summed E-state index contributed by atoms with van der Waals surface area (Å²) >= 11 is 1.67. The van der Waals surface area contributed by atoms with Crippen molar-refractivity contribution in [2.24, 2.45) is 0 Å². The lowest BCUT2D eigenvalue weighted by Crippen LogP contribution is -2.20. The molecule has 0 saturated carbocycles. The Hall–Kier alpha value is -1.69. The van der Waals surface area contributed by atoms with Gasteiger partial charge in [-0.25, -0.2) is 15.0 Å². The fourth-order valence-electron chi connectivity index (χ4n) is 1.97. The molecule has 0 bridgehead atoms. The summed E-state index contributed by atoms with van der Waals surface area (Å²) in [5, 5.41) is 6.43. The number of rotatable bonds is 5. The van der Waals surface area contributed by atoms with Gasteiger partial charge in [0.15, 0.2) is 0 Å². The number of thiazole rings is 1. The second kappa shape index (κ2) is 5.97. The predicted molar refractivity (Wildman–Crippen MR) is 79.9 cm³/mol. The van der Waals surface area contributed by atoms with Gasteiger partial charge >= 0.3 is 0 Å². The van der Waals surface area contributed by atoms with Gasteiger partial charge in [-0.2, -0.15) is 0 Å². The second-order valence-electron chi connectivity index (χ2n) is 4.42. The second-order valence-corrected chi connectivity index (χ2v) is 5.48. The van der Waals surface area contributed by atoms with E-state index in [1.54, 1.807) is 17.7 Å². The van der Waals surface area contributed by atoms with Gasteiger partial charge in [-0.05, 0) is 20.8 Å². The average molecular weight is 277 g/mol. The Bertz CT molecular complexity index is 552. The molecule has 0 saturated heterocycles. The first-order valence-electron chi connectivity index (χ1n) is 6.29. The molecule has 0 amide bonds. The Balaban J connectivity index is 2.18. The first-order valence-corrected chi connectivity index (χ1v) is 7.17. The molecule has 0 aromatic carbocycles. The molecule has 2 rings (SSSR count). The highest BCUT2D eigenvalue weighted by Crippen LogP contribution is 2.22. The van der Waals surface area contributed by atoms with Crippen LogP contribution in [-0.2, 0) is 6.54 Å². The number of anilines is 2. The van der Waals surface area contributed by atoms with Gasteiger partial charge in [0.1, 0.15) is 18.0 Å². The van der Waals surface area contributed by atoms with E-state index in [1.807, 2.05) is 20.9 Å². The summed E-state index contributed by atoms with van der Waals surface area (Å²) in [6, 6.07) is 0. The van der Waals surface area contributed by atoms with Gasteiger partial charge in [0.25, 0.3) is 0 Å². The summed E-state index contributed by atoms with van der Waals surface area (Å²) in [6.07, 6.45) is 1.60. The fraction of sp³-hybridized carbons (Fsp3) is 0.462. The summed E-state index contributed by atoms with van der Waals surface area (Å²) < 4.78 is 0. The number of nitrogens with zero attached hydrogens (tertiary/aromatic N) is 4. The third-order valence-electron chi connectivity index (χ3n) is 2.83. The lowest BCUT2D eigenvalue weighted by molar-refractivity contribution is 0.858. The third-order valence-corrected chi connectivity index (χ3v) is 3.65. The van der Waals surface area contributed by atoms with Crippen molar-refractivity contribution in [1.82, 2.24) is 15.0 Å². The third kappa shape index (κ3) is 3.20. The highest BCUT2D eigenvalue weighted by molar-refractivity contribution is 7.09. The van der Waals surface area contributed by atoms with Crippen LogP contribution < -0.4 is 10.2 Å². The Morgan fingerprint density at radius 3 is 2.74 bits per heavy atom. The minimum absolute atomic E-state index is 0.758. The van der Waals surface area contributed by atoms with E-state index in [0.717, 1.165) is 41.0 Å². The number of nitrogens with one attached hydrogen (secondary N) is 1. The minimum Gasteiger partial charge on any atom is -0.370 e. The monoisotopic (exact) mass is 277 g/mol. The molecule has 0 atom stereocenters. The molecule has 2 aromatic rings. The molecule has 2 aromatic heterocycles. The molecule has 0 aliphatic carbocycles. The molecule has 0 unspecified atom stereocenters. The van der Waals surface area contributed by atoms with Crippen LogP contribution >= 0.6 is 11.3 Å². The zero-order chi connectivity index (χ0) is 13.8. The number of aromatic nitrogens is 3. The largest absolute Gasteiger partial charge is 0.370 e. The number of hydrogen-bond acceptors (Lipinski definition) is 6. The molecule has 0 spiro atoms. The van der Waals surface area contributed by atoms with Crippen molar-refractivity contribution in [3.05, 3.63) is 28.0 Å². The van der Waals surface area contributed by atoms with Gasteiger partial charge in [0, 0.05) is 24.5 Å². The topological polar surface area (TPSA) is 53.9 Å². The summed E-state index contributed by atoms with van der Waals surface area (Å²) in [5.74, 6) is 1.84. The Labute approximate surface area is 117 Å². The first-order chi connectivity index (χ1) is 9.11. The van der Waals surface area contributed by atoms with Gasteiger partial charge in [0.05, 0.1) is 17.2 Å². The summed E-state index contributed by atoms with van der Waals surface area (Å²) in [4.78, 5) is 15.2. The van der Waals surface area contributed by atoms with E-state index in [2.05, 4.69) is 37.5 Å². The SMILES string of the molecule is CCNc1ncnc(N(C)Cc2csc(C)n2)c1C. The van der Waals surface area contributed by atoms with E-state index in [1.165, 1.54) is 0 Å². The zero-order valence-corrected chi connectivity index (χ0v) is 12.6. The van der Waals surface area contributed by atoms with Crippen LogP contribution in [0, 0.1) is 13.8 Å². The van der Waals surface area contributed by atoms with E-state index in [4.69, 9.17) is 0 Å². The Morgan fingerprint density at radius 2 is 2.11 bits per heavy atom. The Kier molecular flexibility index (Phi) is 4.31. The van der Waals surface area contributed by atoms with Crippen molar-refractivity contribution in [3.63, 3.8) is 0 Å². The fourth-order valence-corrected chi connectivity index (χ4v) is 2.57. The molecule has 0 fully saturated rings. The van der Waals surface area contributed by atoms with E-state index in [9.17, 15) is 0 Å². The molecule has 0 aliphatic rings. The van der Waals surface area contributed by atoms with Crippen LogP contribution in [0.3, 0.4) is 0 Å². The van der Waals surface area contributed by atoms with E-state index < -0.39 is 0 Å². The Morgan fingerprint density at radius 1 is 1.32 bits per heavy atom. The van der Waals surface area contributed by atoms with E-state index >= 15 is 0 Å². The summed E-state index contributed by atoms with van der Waals surface area (Å²) in [5.41, 5.74) is 2.15. The molecule has 0 aliphatic heterocycles. The van der Waals surface area contributed by atoms with Crippen LogP contribution in [-0.4, -0.2) is 28.5 Å². The smallest absolute Gasteiger partial charge is 0.137 e. The van der Waals surface area contributed by atoms with Crippen molar-refractivity contribution in [2.75, 3.05) is 23.8 Å². The van der Waals surface area contributed by atoms with Crippen LogP contribution in [0.2, 0.25) is 0 Å². The summed E-state index contributed by atoms with van der Waals surface area (Å²) in [6.45, 7) is 7.73. The molecule has 5 nitrogen and oxygen atoms in total. The van der Waals surface area contributed by atoms with Crippen LogP contribution in [0.4, 0.5) is 11.6 Å². The first kappa shape index (κ1) is 13.7. The van der Waals surface area contributed by atoms with Crippen molar-refractivity contribution >= 4 is 23.0 Å². The molecule has 6 heteroatoms. The maximum Gasteiger partial charge on any atom is 0.137 e. The van der Waals surface area contributed by atoms with Gasteiger partial charge in [0.2, 0.25) is 0 Å². The normalized spacial score (nSPS) is 10.5. The average Bonchev–Trinajstić information content (AvgIpc) is 2.77. The maximum atomic E-state index is 4.48. The van der Waals surface area contributed by atoms with Gasteiger partial charge in [-0.3, -0.25) is 0 Å². The van der Waals surface area contributed by atoms with Crippen molar-refractivity contribution in [1.29, 1.82) is 0 Å². The quantitative estimate of drug-likeness (QED) is 0.910. The van der Waals surface area contributed by atoms with E-state index in [-0.39, 0.29) is 0 Å². The summed E-state index contributed by atoms with van der Waals surface area (Å²) in [7, 11) is 2.03. The molecule has 19 heavy (non-hydrogen) atoms. The molecule has 0 radical (unpaired) electrons. The zero-order valence-electron chi connectivity index (χ0n) is 11.8. The predicted octanol–water partition coefficient (Wildman–Crippen LogP) is 2.62. The van der Waals surface area contributed by atoms with Crippen molar-refractivity contribution in [3.8, 4) is 0 Å². The van der Waals surface area contributed by atoms with Crippen LogP contribution in [0.15, 0.2) is 11.7 Å². The molecule has 1 N–H and O–H groups in total.